The van der Waals surface area contributed by atoms with Crippen molar-refractivity contribution in [2.24, 2.45) is 5.41 Å². The van der Waals surface area contributed by atoms with Crippen LogP contribution in [0.15, 0.2) is 46.9 Å². The molecule has 0 saturated carbocycles. The molecule has 126 valence electrons. The van der Waals surface area contributed by atoms with E-state index in [1.165, 1.54) is 32.0 Å². The van der Waals surface area contributed by atoms with E-state index in [4.69, 9.17) is 0 Å². The minimum atomic E-state index is -1.37. The van der Waals surface area contributed by atoms with Gasteiger partial charge in [-0.3, -0.25) is 9.59 Å². The Balaban J connectivity index is 2.13. The van der Waals surface area contributed by atoms with Gasteiger partial charge in [-0.2, -0.15) is 0 Å². The molecule has 0 aliphatic carbocycles. The normalized spacial score (nSPS) is 11.0. The highest BCUT2D eigenvalue weighted by atomic mass is 79.9. The Kier molecular flexibility index (Phi) is 5.39. The summed E-state index contributed by atoms with van der Waals surface area (Å²) in [6.45, 7) is 4.88. The van der Waals surface area contributed by atoms with Crippen LogP contribution in [0.25, 0.3) is 0 Å². The van der Waals surface area contributed by atoms with Crippen molar-refractivity contribution < 1.29 is 14.0 Å². The maximum absolute atomic E-state index is 13.6. The number of halogens is 2. The lowest BCUT2D eigenvalue weighted by Gasteiger charge is -2.23. The number of hydrogen-bond acceptors (Lipinski definition) is 2. The lowest BCUT2D eigenvalue weighted by Crippen LogP contribution is -2.41. The first-order valence-corrected chi connectivity index (χ1v) is 8.14. The van der Waals surface area contributed by atoms with Crippen LogP contribution in [-0.4, -0.2) is 11.8 Å². The molecule has 24 heavy (non-hydrogen) atoms. The first-order valence-electron chi connectivity index (χ1n) is 7.35. The van der Waals surface area contributed by atoms with Gasteiger partial charge < -0.3 is 10.6 Å². The maximum atomic E-state index is 13.6. The SMILES string of the molecule is Cc1cc(NC(=O)C(C)(C)C(=O)Nc2ccccc2F)ccc1Br. The monoisotopic (exact) mass is 392 g/mol. The van der Waals surface area contributed by atoms with Crippen molar-refractivity contribution in [3.63, 3.8) is 0 Å². The minimum Gasteiger partial charge on any atom is -0.325 e. The Morgan fingerprint density at radius 2 is 1.67 bits per heavy atom. The van der Waals surface area contributed by atoms with Crippen molar-refractivity contribution in [1.82, 2.24) is 0 Å². The summed E-state index contributed by atoms with van der Waals surface area (Å²) in [5.74, 6) is -1.61. The average molecular weight is 393 g/mol. The van der Waals surface area contributed by atoms with Gasteiger partial charge in [-0.15, -0.1) is 0 Å². The molecule has 0 aliphatic rings. The summed E-state index contributed by atoms with van der Waals surface area (Å²) in [6.07, 6.45) is 0. The summed E-state index contributed by atoms with van der Waals surface area (Å²) in [7, 11) is 0. The predicted molar refractivity (Wildman–Crippen MR) is 96.3 cm³/mol. The van der Waals surface area contributed by atoms with Gasteiger partial charge in [0.05, 0.1) is 5.69 Å². The summed E-state index contributed by atoms with van der Waals surface area (Å²) in [5, 5.41) is 5.17. The molecule has 0 heterocycles. The van der Waals surface area contributed by atoms with Crippen molar-refractivity contribution in [2.75, 3.05) is 10.6 Å². The molecule has 0 radical (unpaired) electrons. The number of aryl methyl sites for hydroxylation is 1. The van der Waals surface area contributed by atoms with Gasteiger partial charge in [-0.1, -0.05) is 28.1 Å². The Bertz CT molecular complexity index is 790. The van der Waals surface area contributed by atoms with E-state index < -0.39 is 23.0 Å². The smallest absolute Gasteiger partial charge is 0.239 e. The van der Waals surface area contributed by atoms with Gasteiger partial charge in [0.1, 0.15) is 11.2 Å². The van der Waals surface area contributed by atoms with Crippen molar-refractivity contribution in [3.8, 4) is 0 Å². The van der Waals surface area contributed by atoms with Gasteiger partial charge in [-0.25, -0.2) is 4.39 Å². The van der Waals surface area contributed by atoms with Crippen molar-refractivity contribution in [1.29, 1.82) is 0 Å². The van der Waals surface area contributed by atoms with Gasteiger partial charge in [0.25, 0.3) is 0 Å². The summed E-state index contributed by atoms with van der Waals surface area (Å²) in [6, 6.07) is 11.2. The second kappa shape index (κ2) is 7.13. The van der Waals surface area contributed by atoms with Crippen molar-refractivity contribution in [2.45, 2.75) is 20.8 Å². The van der Waals surface area contributed by atoms with E-state index in [9.17, 15) is 14.0 Å². The van der Waals surface area contributed by atoms with Crippen LogP contribution < -0.4 is 10.6 Å². The number of nitrogens with one attached hydrogen (secondary N) is 2. The quantitative estimate of drug-likeness (QED) is 0.752. The maximum Gasteiger partial charge on any atom is 0.239 e. The number of anilines is 2. The lowest BCUT2D eigenvalue weighted by atomic mass is 9.90. The zero-order valence-electron chi connectivity index (χ0n) is 13.6. The molecule has 0 unspecified atom stereocenters. The molecule has 0 fully saturated rings. The highest BCUT2D eigenvalue weighted by molar-refractivity contribution is 9.10. The number of hydrogen-bond donors (Lipinski definition) is 2. The zero-order valence-corrected chi connectivity index (χ0v) is 15.2. The molecule has 2 aromatic carbocycles. The standard InChI is InChI=1S/C18H18BrFN2O2/c1-11-10-12(8-9-13(11)19)21-16(23)18(2,3)17(24)22-15-7-5-4-6-14(15)20/h4-10H,1-3H3,(H,21,23)(H,22,24). The van der Waals surface area contributed by atoms with Crippen molar-refractivity contribution >= 4 is 39.1 Å². The van der Waals surface area contributed by atoms with Gasteiger partial charge in [-0.05, 0) is 56.7 Å². The van der Waals surface area contributed by atoms with Gasteiger partial charge >= 0.3 is 0 Å². The van der Waals surface area contributed by atoms with Crippen LogP contribution in [0.1, 0.15) is 19.4 Å². The Morgan fingerprint density at radius 1 is 1.04 bits per heavy atom. The van der Waals surface area contributed by atoms with Crippen LogP contribution >= 0.6 is 15.9 Å². The van der Waals surface area contributed by atoms with E-state index in [1.54, 1.807) is 18.2 Å². The van der Waals surface area contributed by atoms with E-state index in [1.807, 2.05) is 13.0 Å². The van der Waals surface area contributed by atoms with Crippen LogP contribution in [0.2, 0.25) is 0 Å². The molecule has 2 rings (SSSR count). The number of para-hydroxylation sites is 1. The molecule has 2 aromatic rings. The fourth-order valence-corrected chi connectivity index (χ4v) is 2.20. The van der Waals surface area contributed by atoms with Gasteiger partial charge in [0, 0.05) is 10.2 Å². The molecule has 0 atom stereocenters. The topological polar surface area (TPSA) is 58.2 Å². The average Bonchev–Trinajstić information content (AvgIpc) is 2.53. The highest BCUT2D eigenvalue weighted by Gasteiger charge is 2.36. The fourth-order valence-electron chi connectivity index (χ4n) is 1.95. The zero-order chi connectivity index (χ0) is 17.9. The largest absolute Gasteiger partial charge is 0.325 e. The van der Waals surface area contributed by atoms with E-state index in [2.05, 4.69) is 26.6 Å². The van der Waals surface area contributed by atoms with Crippen LogP contribution in [0.3, 0.4) is 0 Å². The van der Waals surface area contributed by atoms with E-state index in [-0.39, 0.29) is 5.69 Å². The Labute approximate surface area is 148 Å². The molecular weight excluding hydrogens is 375 g/mol. The van der Waals surface area contributed by atoms with Crippen molar-refractivity contribution in [3.05, 3.63) is 58.3 Å². The molecule has 0 aromatic heterocycles. The lowest BCUT2D eigenvalue weighted by molar-refractivity contribution is -0.135. The fraction of sp³-hybridized carbons (Fsp3) is 0.222. The third kappa shape index (κ3) is 4.00. The number of carbonyl (C=O) groups excluding carboxylic acids is 2. The number of benzene rings is 2. The minimum absolute atomic E-state index is 0.0443. The van der Waals surface area contributed by atoms with E-state index in [0.29, 0.717) is 5.69 Å². The summed E-state index contributed by atoms with van der Waals surface area (Å²) in [4.78, 5) is 24.9. The summed E-state index contributed by atoms with van der Waals surface area (Å²) >= 11 is 3.39. The van der Waals surface area contributed by atoms with E-state index in [0.717, 1.165) is 10.0 Å². The van der Waals surface area contributed by atoms with Gasteiger partial charge in [0.15, 0.2) is 0 Å². The second-order valence-electron chi connectivity index (χ2n) is 5.98. The Morgan fingerprint density at radius 3 is 2.29 bits per heavy atom. The van der Waals surface area contributed by atoms with Crippen LogP contribution in [0.5, 0.6) is 0 Å². The molecule has 0 bridgehead atoms. The van der Waals surface area contributed by atoms with Crippen LogP contribution in [-0.2, 0) is 9.59 Å². The molecule has 2 amide bonds. The molecule has 4 nitrogen and oxygen atoms in total. The third-order valence-corrected chi connectivity index (χ3v) is 4.56. The highest BCUT2D eigenvalue weighted by Crippen LogP contribution is 2.25. The molecular formula is C18H18BrFN2O2. The number of carbonyl (C=O) groups is 2. The molecule has 0 saturated heterocycles. The van der Waals surface area contributed by atoms with Crippen LogP contribution in [0, 0.1) is 18.2 Å². The molecule has 0 aliphatic heterocycles. The first kappa shape index (κ1) is 18.1. The summed E-state index contributed by atoms with van der Waals surface area (Å²) in [5.41, 5.74) is 0.222. The second-order valence-corrected chi connectivity index (χ2v) is 6.83. The predicted octanol–water partition coefficient (Wildman–Crippen LogP) is 4.50. The summed E-state index contributed by atoms with van der Waals surface area (Å²) < 4.78 is 14.6. The molecule has 2 N–H and O–H groups in total. The third-order valence-electron chi connectivity index (χ3n) is 3.67. The van der Waals surface area contributed by atoms with Crippen LogP contribution in [0.4, 0.5) is 15.8 Å². The molecule has 0 spiro atoms. The number of rotatable bonds is 4. The molecule has 6 heteroatoms. The van der Waals surface area contributed by atoms with Gasteiger partial charge in [0.2, 0.25) is 11.8 Å². The number of amides is 2. The first-order chi connectivity index (χ1) is 11.2. The Hall–Kier alpha value is -2.21. The van der Waals surface area contributed by atoms with E-state index >= 15 is 0 Å².